The van der Waals surface area contributed by atoms with Crippen LogP contribution in [0, 0.1) is 5.82 Å². The molecule has 19 heavy (non-hydrogen) atoms. The summed E-state index contributed by atoms with van der Waals surface area (Å²) in [5, 5.41) is 2.98. The Bertz CT molecular complexity index is 536. The maximum atomic E-state index is 13.7. The van der Waals surface area contributed by atoms with Gasteiger partial charge in [0.2, 0.25) is 0 Å². The van der Waals surface area contributed by atoms with Gasteiger partial charge in [0.1, 0.15) is 5.82 Å². The Labute approximate surface area is 113 Å². The van der Waals surface area contributed by atoms with Gasteiger partial charge in [0, 0.05) is 19.6 Å². The largest absolute Gasteiger partial charge is 0.320 e. The highest BCUT2D eigenvalue weighted by atomic mass is 32.2. The lowest BCUT2D eigenvalue weighted by Gasteiger charge is -2.20. The smallest absolute Gasteiger partial charge is 0.304 e. The molecule has 1 heterocycles. The summed E-state index contributed by atoms with van der Waals surface area (Å²) in [6.07, 6.45) is 0.737. The summed E-state index contributed by atoms with van der Waals surface area (Å²) >= 11 is 0. The van der Waals surface area contributed by atoms with Crippen molar-refractivity contribution in [2.45, 2.75) is 6.42 Å². The van der Waals surface area contributed by atoms with E-state index >= 15 is 0 Å². The molecule has 1 aromatic rings. The molecule has 0 saturated carbocycles. The minimum absolute atomic E-state index is 0.124. The highest BCUT2D eigenvalue weighted by Gasteiger charge is 2.37. The van der Waals surface area contributed by atoms with Crippen molar-refractivity contribution < 1.29 is 12.8 Å². The van der Waals surface area contributed by atoms with E-state index in [0.29, 0.717) is 19.6 Å². The molecular weight excluding hydrogens is 269 g/mol. The second-order valence-electron chi connectivity index (χ2n) is 4.39. The van der Waals surface area contributed by atoms with Crippen LogP contribution in [-0.4, -0.2) is 45.9 Å². The van der Waals surface area contributed by atoms with Gasteiger partial charge >= 0.3 is 10.2 Å². The molecule has 0 radical (unpaired) electrons. The molecule has 0 atom stereocenters. The Hall–Kier alpha value is -1.18. The summed E-state index contributed by atoms with van der Waals surface area (Å²) in [5.41, 5.74) is 0.124. The maximum Gasteiger partial charge on any atom is 0.304 e. The van der Waals surface area contributed by atoms with Gasteiger partial charge in [-0.3, -0.25) is 4.31 Å². The third kappa shape index (κ3) is 2.88. The number of para-hydroxylation sites is 1. The Balaban J connectivity index is 2.15. The summed E-state index contributed by atoms with van der Waals surface area (Å²) in [5.74, 6) is -0.511. The lowest BCUT2D eigenvalue weighted by atomic mass is 10.3. The second kappa shape index (κ2) is 5.85. The lowest BCUT2D eigenvalue weighted by Crippen LogP contribution is -2.34. The van der Waals surface area contributed by atoms with Gasteiger partial charge in [-0.25, -0.2) is 4.39 Å². The van der Waals surface area contributed by atoms with Gasteiger partial charge in [-0.05, 0) is 32.1 Å². The predicted molar refractivity (Wildman–Crippen MR) is 72.8 cm³/mol. The molecule has 0 spiro atoms. The van der Waals surface area contributed by atoms with Crippen LogP contribution in [0.3, 0.4) is 0 Å². The Morgan fingerprint density at radius 3 is 2.74 bits per heavy atom. The molecule has 1 aliphatic heterocycles. The summed E-state index contributed by atoms with van der Waals surface area (Å²) in [4.78, 5) is 0. The first-order valence-corrected chi connectivity index (χ1v) is 7.64. The Morgan fingerprint density at radius 1 is 1.32 bits per heavy atom. The zero-order valence-corrected chi connectivity index (χ0v) is 11.7. The van der Waals surface area contributed by atoms with E-state index < -0.39 is 16.0 Å². The normalized spacial score (nSPS) is 18.9. The van der Waals surface area contributed by atoms with Gasteiger partial charge in [0.05, 0.1) is 5.69 Å². The summed E-state index contributed by atoms with van der Waals surface area (Å²) in [6, 6.07) is 5.95. The average molecular weight is 287 g/mol. The van der Waals surface area contributed by atoms with Crippen LogP contribution in [0.4, 0.5) is 10.1 Å². The molecule has 1 saturated heterocycles. The van der Waals surface area contributed by atoms with Crippen LogP contribution in [0.1, 0.15) is 6.42 Å². The molecule has 106 valence electrons. The minimum Gasteiger partial charge on any atom is -0.320 e. The summed E-state index contributed by atoms with van der Waals surface area (Å²) < 4.78 is 40.8. The standard InChI is InChI=1S/C12H18FN3O2S/c1-14-7-4-8-15-9-10-16(19(15,17)18)12-6-3-2-5-11(12)13/h2-3,5-6,14H,4,7-10H2,1H3. The SMILES string of the molecule is CNCCCN1CCN(c2ccccc2F)S1(=O)=O. The molecule has 1 aromatic carbocycles. The quantitative estimate of drug-likeness (QED) is 0.815. The van der Waals surface area contributed by atoms with Crippen molar-refractivity contribution in [1.82, 2.24) is 9.62 Å². The number of halogens is 1. The average Bonchev–Trinajstić information content (AvgIpc) is 2.66. The number of rotatable bonds is 5. The van der Waals surface area contributed by atoms with E-state index in [1.807, 2.05) is 7.05 Å². The van der Waals surface area contributed by atoms with Gasteiger partial charge < -0.3 is 5.32 Å². The van der Waals surface area contributed by atoms with Crippen LogP contribution in [0.25, 0.3) is 0 Å². The molecule has 0 aliphatic carbocycles. The Kier molecular flexibility index (Phi) is 4.38. The van der Waals surface area contributed by atoms with E-state index in [0.717, 1.165) is 17.3 Å². The number of nitrogens with one attached hydrogen (secondary N) is 1. The molecule has 1 N–H and O–H groups in total. The topological polar surface area (TPSA) is 52.6 Å². The molecule has 7 heteroatoms. The second-order valence-corrected chi connectivity index (χ2v) is 6.24. The van der Waals surface area contributed by atoms with E-state index in [-0.39, 0.29) is 5.69 Å². The predicted octanol–water partition coefficient (Wildman–Crippen LogP) is 0.802. The molecule has 2 rings (SSSR count). The van der Waals surface area contributed by atoms with E-state index in [2.05, 4.69) is 5.32 Å². The summed E-state index contributed by atoms with van der Waals surface area (Å²) in [6.45, 7) is 1.91. The third-order valence-corrected chi connectivity index (χ3v) is 5.07. The molecule has 0 unspecified atom stereocenters. The Morgan fingerprint density at radius 2 is 2.05 bits per heavy atom. The first-order chi connectivity index (χ1) is 9.07. The van der Waals surface area contributed by atoms with E-state index in [4.69, 9.17) is 0 Å². The first-order valence-electron chi connectivity index (χ1n) is 6.24. The van der Waals surface area contributed by atoms with Crippen molar-refractivity contribution in [2.75, 3.05) is 37.5 Å². The highest BCUT2D eigenvalue weighted by molar-refractivity contribution is 7.90. The van der Waals surface area contributed by atoms with Crippen LogP contribution < -0.4 is 9.62 Å². The van der Waals surface area contributed by atoms with Crippen molar-refractivity contribution in [3.05, 3.63) is 30.1 Å². The molecule has 0 aromatic heterocycles. The number of nitrogens with zero attached hydrogens (tertiary/aromatic N) is 2. The zero-order chi connectivity index (χ0) is 13.9. The fourth-order valence-electron chi connectivity index (χ4n) is 2.13. The third-order valence-electron chi connectivity index (χ3n) is 3.11. The number of hydrogen-bond acceptors (Lipinski definition) is 3. The van der Waals surface area contributed by atoms with Gasteiger partial charge in [-0.1, -0.05) is 12.1 Å². The van der Waals surface area contributed by atoms with E-state index in [1.54, 1.807) is 12.1 Å². The molecular formula is C12H18FN3O2S. The molecule has 1 aliphatic rings. The van der Waals surface area contributed by atoms with Crippen LogP contribution in [0.15, 0.2) is 24.3 Å². The van der Waals surface area contributed by atoms with Crippen molar-refractivity contribution in [1.29, 1.82) is 0 Å². The van der Waals surface area contributed by atoms with Crippen molar-refractivity contribution >= 4 is 15.9 Å². The fraction of sp³-hybridized carbons (Fsp3) is 0.500. The van der Waals surface area contributed by atoms with Crippen LogP contribution in [-0.2, 0) is 10.2 Å². The van der Waals surface area contributed by atoms with E-state index in [1.165, 1.54) is 16.4 Å². The van der Waals surface area contributed by atoms with E-state index in [9.17, 15) is 12.8 Å². The molecule has 0 amide bonds. The highest BCUT2D eigenvalue weighted by Crippen LogP contribution is 2.27. The lowest BCUT2D eigenvalue weighted by molar-refractivity contribution is 0.438. The van der Waals surface area contributed by atoms with Gasteiger partial charge in [0.25, 0.3) is 0 Å². The van der Waals surface area contributed by atoms with Crippen LogP contribution >= 0.6 is 0 Å². The number of hydrogen-bond donors (Lipinski definition) is 1. The van der Waals surface area contributed by atoms with Gasteiger partial charge in [-0.15, -0.1) is 0 Å². The molecule has 0 bridgehead atoms. The summed E-state index contributed by atoms with van der Waals surface area (Å²) in [7, 11) is -1.76. The zero-order valence-electron chi connectivity index (χ0n) is 10.8. The number of anilines is 1. The first kappa shape index (κ1) is 14.2. The minimum atomic E-state index is -3.59. The van der Waals surface area contributed by atoms with Crippen molar-refractivity contribution in [2.24, 2.45) is 0 Å². The number of benzene rings is 1. The van der Waals surface area contributed by atoms with Crippen LogP contribution in [0.5, 0.6) is 0 Å². The van der Waals surface area contributed by atoms with Crippen LogP contribution in [0.2, 0.25) is 0 Å². The van der Waals surface area contributed by atoms with Crippen molar-refractivity contribution in [3.63, 3.8) is 0 Å². The monoisotopic (exact) mass is 287 g/mol. The fourth-order valence-corrected chi connectivity index (χ4v) is 3.79. The van der Waals surface area contributed by atoms with Crippen molar-refractivity contribution in [3.8, 4) is 0 Å². The molecule has 5 nitrogen and oxygen atoms in total. The van der Waals surface area contributed by atoms with Gasteiger partial charge in [-0.2, -0.15) is 12.7 Å². The van der Waals surface area contributed by atoms with Gasteiger partial charge in [0.15, 0.2) is 0 Å². The maximum absolute atomic E-state index is 13.7. The molecule has 1 fully saturated rings.